The van der Waals surface area contributed by atoms with Crippen LogP contribution in [0.15, 0.2) is 36.4 Å². The molecule has 0 aliphatic heterocycles. The van der Waals surface area contributed by atoms with Crippen molar-refractivity contribution in [3.8, 4) is 0 Å². The minimum absolute atomic E-state index is 0.555. The Balaban J connectivity index is 1.61. The summed E-state index contributed by atoms with van der Waals surface area (Å²) in [6, 6.07) is 13.3. The quantitative estimate of drug-likeness (QED) is 0.852. The van der Waals surface area contributed by atoms with Crippen LogP contribution < -0.4 is 5.32 Å². The topological polar surface area (TPSA) is 24.9 Å². The van der Waals surface area contributed by atoms with Crippen LogP contribution in [0.1, 0.15) is 44.2 Å². The number of nitrogens with zero attached hydrogens (tertiary/aromatic N) is 1. The van der Waals surface area contributed by atoms with Crippen LogP contribution in [0.4, 0.5) is 0 Å². The summed E-state index contributed by atoms with van der Waals surface area (Å²) in [6.07, 6.45) is 9.47. The van der Waals surface area contributed by atoms with Gasteiger partial charge in [0.15, 0.2) is 0 Å². The summed E-state index contributed by atoms with van der Waals surface area (Å²) in [7, 11) is 2.08. The normalized spacial score (nSPS) is 17.4. The van der Waals surface area contributed by atoms with Gasteiger partial charge in [0.05, 0.1) is 5.52 Å². The molecule has 2 heteroatoms. The number of nitrogens with one attached hydrogen (secondary N) is 1. The van der Waals surface area contributed by atoms with Crippen LogP contribution in [0.25, 0.3) is 10.9 Å². The second-order valence-electron chi connectivity index (χ2n) is 6.41. The van der Waals surface area contributed by atoms with Crippen LogP contribution in [0.2, 0.25) is 0 Å². The number of pyridine rings is 1. The Bertz CT molecular complexity index is 573. The minimum atomic E-state index is 0.555. The molecule has 21 heavy (non-hydrogen) atoms. The maximum Gasteiger partial charge on any atom is 0.0705 e. The van der Waals surface area contributed by atoms with Gasteiger partial charge < -0.3 is 5.32 Å². The van der Waals surface area contributed by atoms with E-state index >= 15 is 0 Å². The average molecular weight is 282 g/mol. The zero-order valence-electron chi connectivity index (χ0n) is 13.0. The SMILES string of the molecule is CNC(CCC1CCCC1)Cc1ccc2ccccc2n1. The Labute approximate surface area is 128 Å². The molecule has 1 heterocycles. The van der Waals surface area contributed by atoms with Gasteiger partial charge in [-0.25, -0.2) is 0 Å². The van der Waals surface area contributed by atoms with Gasteiger partial charge >= 0.3 is 0 Å². The summed E-state index contributed by atoms with van der Waals surface area (Å²) >= 11 is 0. The van der Waals surface area contributed by atoms with Crippen molar-refractivity contribution in [1.82, 2.24) is 10.3 Å². The highest BCUT2D eigenvalue weighted by atomic mass is 14.9. The first-order chi connectivity index (χ1) is 10.3. The van der Waals surface area contributed by atoms with Crippen LogP contribution in [0.3, 0.4) is 0 Å². The van der Waals surface area contributed by atoms with Crippen LogP contribution in [-0.2, 0) is 6.42 Å². The fraction of sp³-hybridized carbons (Fsp3) is 0.526. The number of hydrogen-bond donors (Lipinski definition) is 1. The third-order valence-electron chi connectivity index (χ3n) is 4.92. The van der Waals surface area contributed by atoms with E-state index in [1.807, 2.05) is 0 Å². The van der Waals surface area contributed by atoms with Crippen molar-refractivity contribution in [3.63, 3.8) is 0 Å². The molecule has 1 aromatic carbocycles. The van der Waals surface area contributed by atoms with E-state index in [2.05, 4.69) is 48.8 Å². The van der Waals surface area contributed by atoms with Gasteiger partial charge in [0.25, 0.3) is 0 Å². The number of aromatic nitrogens is 1. The highest BCUT2D eigenvalue weighted by Crippen LogP contribution is 2.29. The van der Waals surface area contributed by atoms with Gasteiger partial charge in [0, 0.05) is 23.5 Å². The van der Waals surface area contributed by atoms with Crippen molar-refractivity contribution in [1.29, 1.82) is 0 Å². The molecule has 1 aliphatic carbocycles. The monoisotopic (exact) mass is 282 g/mol. The van der Waals surface area contributed by atoms with Crippen molar-refractivity contribution in [2.45, 2.75) is 51.0 Å². The highest BCUT2D eigenvalue weighted by Gasteiger charge is 2.17. The first-order valence-electron chi connectivity index (χ1n) is 8.37. The molecule has 1 N–H and O–H groups in total. The molecule has 0 spiro atoms. The number of benzene rings is 1. The molecule has 1 unspecified atom stereocenters. The summed E-state index contributed by atoms with van der Waals surface area (Å²) in [5, 5.41) is 4.71. The van der Waals surface area contributed by atoms with Gasteiger partial charge in [0.1, 0.15) is 0 Å². The Kier molecular flexibility index (Phi) is 4.87. The summed E-state index contributed by atoms with van der Waals surface area (Å²) in [6.45, 7) is 0. The third kappa shape index (κ3) is 3.82. The zero-order valence-corrected chi connectivity index (χ0v) is 13.0. The van der Waals surface area contributed by atoms with Crippen LogP contribution in [0, 0.1) is 5.92 Å². The second-order valence-corrected chi connectivity index (χ2v) is 6.41. The third-order valence-corrected chi connectivity index (χ3v) is 4.92. The molecule has 1 fully saturated rings. The summed E-state index contributed by atoms with van der Waals surface area (Å²) in [4.78, 5) is 4.80. The van der Waals surface area contributed by atoms with Crippen molar-refractivity contribution in [2.75, 3.05) is 7.05 Å². The smallest absolute Gasteiger partial charge is 0.0705 e. The van der Waals surface area contributed by atoms with E-state index < -0.39 is 0 Å². The molecule has 0 bridgehead atoms. The lowest BCUT2D eigenvalue weighted by molar-refractivity contribution is 0.417. The van der Waals surface area contributed by atoms with E-state index in [0.717, 1.165) is 17.9 Å². The number of para-hydroxylation sites is 1. The Morgan fingerprint density at radius 2 is 1.95 bits per heavy atom. The highest BCUT2D eigenvalue weighted by molar-refractivity contribution is 5.78. The number of likely N-dealkylation sites (N-methyl/N-ethyl adjacent to an activating group) is 1. The van der Waals surface area contributed by atoms with Gasteiger partial charge in [-0.2, -0.15) is 0 Å². The van der Waals surface area contributed by atoms with E-state index in [4.69, 9.17) is 4.98 Å². The lowest BCUT2D eigenvalue weighted by atomic mass is 9.96. The first-order valence-corrected chi connectivity index (χ1v) is 8.37. The molecule has 2 nitrogen and oxygen atoms in total. The number of rotatable bonds is 6. The Morgan fingerprint density at radius 1 is 1.14 bits per heavy atom. The first kappa shape index (κ1) is 14.5. The molecule has 1 aliphatic rings. The maximum absolute atomic E-state index is 4.80. The molecule has 1 aromatic heterocycles. The molecule has 0 radical (unpaired) electrons. The number of hydrogen-bond acceptors (Lipinski definition) is 2. The molecule has 3 rings (SSSR count). The van der Waals surface area contributed by atoms with Crippen LogP contribution >= 0.6 is 0 Å². The van der Waals surface area contributed by atoms with Crippen molar-refractivity contribution >= 4 is 10.9 Å². The minimum Gasteiger partial charge on any atom is -0.317 e. The van der Waals surface area contributed by atoms with Gasteiger partial charge in [-0.3, -0.25) is 4.98 Å². The fourth-order valence-electron chi connectivity index (χ4n) is 3.56. The average Bonchev–Trinajstić information content (AvgIpc) is 3.04. The van der Waals surface area contributed by atoms with Gasteiger partial charge in [0.2, 0.25) is 0 Å². The van der Waals surface area contributed by atoms with Gasteiger partial charge in [-0.15, -0.1) is 0 Å². The van der Waals surface area contributed by atoms with E-state index in [0.29, 0.717) is 6.04 Å². The lowest BCUT2D eigenvalue weighted by Crippen LogP contribution is -2.28. The maximum atomic E-state index is 4.80. The molecular formula is C19H26N2. The molecule has 0 amide bonds. The Morgan fingerprint density at radius 3 is 2.76 bits per heavy atom. The standard InChI is InChI=1S/C19H26N2/c1-20-17(12-10-15-6-2-3-7-15)14-18-13-11-16-8-4-5-9-19(16)21-18/h4-5,8-9,11,13,15,17,20H,2-3,6-7,10,12,14H2,1H3. The van der Waals surface area contributed by atoms with Gasteiger partial charge in [-0.1, -0.05) is 49.9 Å². The number of fused-ring (bicyclic) bond motifs is 1. The predicted molar refractivity (Wildman–Crippen MR) is 89.5 cm³/mol. The Hall–Kier alpha value is -1.41. The molecule has 0 saturated heterocycles. The summed E-state index contributed by atoms with van der Waals surface area (Å²) in [5.41, 5.74) is 2.32. The summed E-state index contributed by atoms with van der Waals surface area (Å²) < 4.78 is 0. The predicted octanol–water partition coefficient (Wildman–Crippen LogP) is 4.34. The van der Waals surface area contributed by atoms with Crippen molar-refractivity contribution in [2.24, 2.45) is 5.92 Å². The van der Waals surface area contributed by atoms with Crippen LogP contribution in [-0.4, -0.2) is 18.1 Å². The van der Waals surface area contributed by atoms with Crippen LogP contribution in [0.5, 0.6) is 0 Å². The zero-order chi connectivity index (χ0) is 14.5. The summed E-state index contributed by atoms with van der Waals surface area (Å²) in [5.74, 6) is 0.977. The van der Waals surface area contributed by atoms with E-state index in [1.54, 1.807) is 0 Å². The molecular weight excluding hydrogens is 256 g/mol. The van der Waals surface area contributed by atoms with E-state index in [-0.39, 0.29) is 0 Å². The van der Waals surface area contributed by atoms with E-state index in [1.165, 1.54) is 49.6 Å². The van der Waals surface area contributed by atoms with Gasteiger partial charge in [-0.05, 0) is 37.9 Å². The van der Waals surface area contributed by atoms with Crippen molar-refractivity contribution < 1.29 is 0 Å². The fourth-order valence-corrected chi connectivity index (χ4v) is 3.56. The molecule has 2 aromatic rings. The lowest BCUT2D eigenvalue weighted by Gasteiger charge is -2.18. The molecule has 112 valence electrons. The van der Waals surface area contributed by atoms with E-state index in [9.17, 15) is 0 Å². The second kappa shape index (κ2) is 7.04. The molecule has 1 saturated carbocycles. The molecule has 1 atom stereocenters. The largest absolute Gasteiger partial charge is 0.317 e. The van der Waals surface area contributed by atoms with Crippen molar-refractivity contribution in [3.05, 3.63) is 42.1 Å².